The Labute approximate surface area is 78.5 Å². The minimum Gasteiger partial charge on any atom is -0.393 e. The van der Waals surface area contributed by atoms with Gasteiger partial charge in [0.05, 0.1) is 25.9 Å². The fraction of sp³-hybridized carbons (Fsp3) is 0.889. The van der Waals surface area contributed by atoms with Crippen molar-refractivity contribution in [3.63, 3.8) is 0 Å². The molecule has 0 amide bonds. The van der Waals surface area contributed by atoms with Gasteiger partial charge in [-0.05, 0) is 5.92 Å². The molecule has 1 saturated heterocycles. The van der Waals surface area contributed by atoms with E-state index in [2.05, 4.69) is 25.2 Å². The first-order chi connectivity index (χ1) is 6.13. The molecule has 0 radical (unpaired) electrons. The fourth-order valence-electron chi connectivity index (χ4n) is 1.35. The molecule has 0 bridgehead atoms. The van der Waals surface area contributed by atoms with E-state index in [9.17, 15) is 0 Å². The van der Waals surface area contributed by atoms with Crippen LogP contribution in [0.4, 0.5) is 0 Å². The van der Waals surface area contributed by atoms with Crippen LogP contribution in [0.3, 0.4) is 0 Å². The Morgan fingerprint density at radius 3 is 2.92 bits per heavy atom. The summed E-state index contributed by atoms with van der Waals surface area (Å²) >= 11 is 0. The van der Waals surface area contributed by atoms with Crippen LogP contribution >= 0.6 is 0 Å². The van der Waals surface area contributed by atoms with Crippen LogP contribution in [0.15, 0.2) is 0 Å². The van der Waals surface area contributed by atoms with E-state index in [1.165, 1.54) is 0 Å². The van der Waals surface area contributed by atoms with Gasteiger partial charge in [0.2, 0.25) is 0 Å². The van der Waals surface area contributed by atoms with E-state index in [0.29, 0.717) is 12.5 Å². The zero-order chi connectivity index (χ0) is 9.90. The van der Waals surface area contributed by atoms with Gasteiger partial charge in [0.15, 0.2) is 5.54 Å². The van der Waals surface area contributed by atoms with Gasteiger partial charge in [-0.2, -0.15) is 5.26 Å². The lowest BCUT2D eigenvalue weighted by Gasteiger charge is -2.37. The van der Waals surface area contributed by atoms with Gasteiger partial charge in [0.25, 0.3) is 0 Å². The van der Waals surface area contributed by atoms with Crippen molar-refractivity contribution >= 4 is 0 Å². The van der Waals surface area contributed by atoms with Gasteiger partial charge in [0.1, 0.15) is 0 Å². The first-order valence-electron chi connectivity index (χ1n) is 4.51. The van der Waals surface area contributed by atoms with Crippen molar-refractivity contribution in [1.29, 1.82) is 5.26 Å². The summed E-state index contributed by atoms with van der Waals surface area (Å²) in [6.45, 7) is 4.80. The number of nitrogens with zero attached hydrogens (tertiary/aromatic N) is 1. The van der Waals surface area contributed by atoms with E-state index in [0.717, 1.165) is 0 Å². The average molecular weight is 184 g/mol. The van der Waals surface area contributed by atoms with Crippen LogP contribution in [-0.4, -0.2) is 36.5 Å². The lowest BCUT2D eigenvalue weighted by atomic mass is 9.96. The third-order valence-corrected chi connectivity index (χ3v) is 2.40. The molecule has 0 spiro atoms. The minimum absolute atomic E-state index is 0.153. The standard InChI is InChI=1S/C9H16N2O2/c1-7(2)8-3-13-6-9(4-10,5-12)11-8/h7-8,11-12H,3,5-6H2,1-2H3. The van der Waals surface area contributed by atoms with Crippen LogP contribution in [0, 0.1) is 17.2 Å². The molecule has 1 aliphatic rings. The first-order valence-corrected chi connectivity index (χ1v) is 4.51. The summed E-state index contributed by atoms with van der Waals surface area (Å²) in [6, 6.07) is 2.22. The fourth-order valence-corrected chi connectivity index (χ4v) is 1.35. The van der Waals surface area contributed by atoms with Gasteiger partial charge < -0.3 is 9.84 Å². The lowest BCUT2D eigenvalue weighted by Crippen LogP contribution is -2.61. The number of rotatable bonds is 2. The summed E-state index contributed by atoms with van der Waals surface area (Å²) in [5, 5.41) is 21.1. The minimum atomic E-state index is -0.896. The molecule has 0 aromatic carbocycles. The number of morpholine rings is 1. The lowest BCUT2D eigenvalue weighted by molar-refractivity contribution is -0.0118. The molecular formula is C9H16N2O2. The van der Waals surface area contributed by atoms with E-state index in [-0.39, 0.29) is 19.3 Å². The number of hydrogen-bond donors (Lipinski definition) is 2. The van der Waals surface area contributed by atoms with Gasteiger partial charge in [0, 0.05) is 6.04 Å². The topological polar surface area (TPSA) is 65.3 Å². The molecular weight excluding hydrogens is 168 g/mol. The number of aliphatic hydroxyl groups is 1. The van der Waals surface area contributed by atoms with Gasteiger partial charge >= 0.3 is 0 Å². The Morgan fingerprint density at radius 1 is 1.77 bits per heavy atom. The summed E-state index contributed by atoms with van der Waals surface area (Å²) in [5.74, 6) is 0.402. The highest BCUT2D eigenvalue weighted by molar-refractivity contribution is 5.10. The summed E-state index contributed by atoms with van der Waals surface area (Å²) in [5.41, 5.74) is -0.896. The molecule has 13 heavy (non-hydrogen) atoms. The summed E-state index contributed by atoms with van der Waals surface area (Å²) < 4.78 is 5.30. The molecule has 1 fully saturated rings. The van der Waals surface area contributed by atoms with Crippen LogP contribution in [0.1, 0.15) is 13.8 Å². The normalized spacial score (nSPS) is 34.5. The molecule has 4 nitrogen and oxygen atoms in total. The van der Waals surface area contributed by atoms with Crippen molar-refractivity contribution in [2.24, 2.45) is 5.92 Å². The average Bonchev–Trinajstić information content (AvgIpc) is 2.18. The van der Waals surface area contributed by atoms with E-state index in [1.54, 1.807) is 0 Å². The first kappa shape index (κ1) is 10.5. The predicted molar refractivity (Wildman–Crippen MR) is 48.0 cm³/mol. The van der Waals surface area contributed by atoms with Crippen LogP contribution in [0.25, 0.3) is 0 Å². The van der Waals surface area contributed by atoms with E-state index >= 15 is 0 Å². The monoisotopic (exact) mass is 184 g/mol. The maximum Gasteiger partial charge on any atom is 0.153 e. The molecule has 1 heterocycles. The highest BCUT2D eigenvalue weighted by Crippen LogP contribution is 2.15. The molecule has 2 unspecified atom stereocenters. The molecule has 2 atom stereocenters. The number of aliphatic hydroxyl groups excluding tert-OH is 1. The van der Waals surface area contributed by atoms with Crippen molar-refractivity contribution in [2.45, 2.75) is 25.4 Å². The zero-order valence-electron chi connectivity index (χ0n) is 8.08. The third-order valence-electron chi connectivity index (χ3n) is 2.40. The van der Waals surface area contributed by atoms with E-state index in [4.69, 9.17) is 15.1 Å². The van der Waals surface area contributed by atoms with Crippen molar-refractivity contribution in [3.8, 4) is 6.07 Å². The number of nitriles is 1. The summed E-state index contributed by atoms with van der Waals surface area (Å²) in [4.78, 5) is 0. The maximum absolute atomic E-state index is 9.08. The second-order valence-electron chi connectivity index (χ2n) is 3.86. The number of nitrogens with one attached hydrogen (secondary N) is 1. The summed E-state index contributed by atoms with van der Waals surface area (Å²) in [6.07, 6.45) is 0. The Hall–Kier alpha value is -0.630. The molecule has 0 aromatic heterocycles. The second-order valence-corrected chi connectivity index (χ2v) is 3.86. The van der Waals surface area contributed by atoms with Gasteiger partial charge in [-0.1, -0.05) is 13.8 Å². The molecule has 0 aliphatic carbocycles. The molecule has 1 rings (SSSR count). The van der Waals surface area contributed by atoms with Gasteiger partial charge in [-0.15, -0.1) is 0 Å². The molecule has 1 aliphatic heterocycles. The molecule has 2 N–H and O–H groups in total. The molecule has 4 heteroatoms. The van der Waals surface area contributed by atoms with E-state index < -0.39 is 5.54 Å². The predicted octanol–water partition coefficient (Wildman–Crippen LogP) is -0.115. The summed E-state index contributed by atoms with van der Waals surface area (Å²) in [7, 11) is 0. The van der Waals surface area contributed by atoms with Crippen LogP contribution < -0.4 is 5.32 Å². The Balaban J connectivity index is 2.65. The number of ether oxygens (including phenoxy) is 1. The van der Waals surface area contributed by atoms with Crippen molar-refractivity contribution in [3.05, 3.63) is 0 Å². The maximum atomic E-state index is 9.08. The largest absolute Gasteiger partial charge is 0.393 e. The third kappa shape index (κ3) is 2.19. The van der Waals surface area contributed by atoms with Crippen LogP contribution in [-0.2, 0) is 4.74 Å². The van der Waals surface area contributed by atoms with Crippen molar-refractivity contribution < 1.29 is 9.84 Å². The van der Waals surface area contributed by atoms with Gasteiger partial charge in [-0.3, -0.25) is 5.32 Å². The molecule has 0 saturated carbocycles. The van der Waals surface area contributed by atoms with E-state index in [1.807, 2.05) is 0 Å². The second kappa shape index (κ2) is 4.05. The zero-order valence-corrected chi connectivity index (χ0v) is 8.08. The highest BCUT2D eigenvalue weighted by Gasteiger charge is 2.37. The van der Waals surface area contributed by atoms with Crippen molar-refractivity contribution in [2.75, 3.05) is 19.8 Å². The Morgan fingerprint density at radius 2 is 2.46 bits per heavy atom. The van der Waals surface area contributed by atoms with Crippen LogP contribution in [0.2, 0.25) is 0 Å². The Bertz CT molecular complexity index is 212. The molecule has 74 valence electrons. The smallest absolute Gasteiger partial charge is 0.153 e. The number of hydrogen-bond acceptors (Lipinski definition) is 4. The van der Waals surface area contributed by atoms with Crippen LogP contribution in [0.5, 0.6) is 0 Å². The quantitative estimate of drug-likeness (QED) is 0.628. The molecule has 0 aromatic rings. The SMILES string of the molecule is CC(C)C1COCC(C#N)(CO)N1. The Kier molecular flexibility index (Phi) is 3.26. The highest BCUT2D eigenvalue weighted by atomic mass is 16.5. The van der Waals surface area contributed by atoms with Gasteiger partial charge in [-0.25, -0.2) is 0 Å². The van der Waals surface area contributed by atoms with Crippen molar-refractivity contribution in [1.82, 2.24) is 5.32 Å².